The van der Waals surface area contributed by atoms with Crippen LogP contribution in [0.5, 0.6) is 0 Å². The molecule has 3 aromatic rings. The summed E-state index contributed by atoms with van der Waals surface area (Å²) in [5.74, 6) is -0.101. The van der Waals surface area contributed by atoms with E-state index in [1.54, 1.807) is 37.3 Å². The maximum Gasteiger partial charge on any atom is 0.320 e. The normalized spacial score (nSPS) is 10.5. The van der Waals surface area contributed by atoms with Crippen LogP contribution in [0.15, 0.2) is 47.2 Å². The van der Waals surface area contributed by atoms with Crippen LogP contribution < -0.4 is 5.32 Å². The lowest BCUT2D eigenvalue weighted by molar-refractivity contribution is -0.385. The van der Waals surface area contributed by atoms with Gasteiger partial charge in [-0.3, -0.25) is 19.6 Å². The summed E-state index contributed by atoms with van der Waals surface area (Å²) in [5.41, 5.74) is 0.626. The van der Waals surface area contributed by atoms with Crippen molar-refractivity contribution in [2.24, 2.45) is 0 Å². The quantitative estimate of drug-likeness (QED) is 0.569. The summed E-state index contributed by atoms with van der Waals surface area (Å²) >= 11 is 0. The SMILES string of the molecule is CCn1cc([N+](=O)[O-])c(C(=O)Nc2cccc(-c3ccno3)c2)n1. The smallest absolute Gasteiger partial charge is 0.320 e. The Balaban J connectivity index is 1.87. The minimum absolute atomic E-state index is 0.230. The Morgan fingerprint density at radius 1 is 1.42 bits per heavy atom. The number of hydrogen-bond donors (Lipinski definition) is 1. The number of aromatic nitrogens is 3. The van der Waals surface area contributed by atoms with E-state index in [-0.39, 0.29) is 11.4 Å². The molecule has 1 amide bonds. The van der Waals surface area contributed by atoms with Crippen molar-refractivity contribution in [3.8, 4) is 11.3 Å². The molecule has 0 saturated carbocycles. The van der Waals surface area contributed by atoms with Crippen LogP contribution in [0.4, 0.5) is 11.4 Å². The van der Waals surface area contributed by atoms with Gasteiger partial charge in [0.2, 0.25) is 5.69 Å². The first-order chi connectivity index (χ1) is 11.6. The van der Waals surface area contributed by atoms with Gasteiger partial charge in [0.05, 0.1) is 11.1 Å². The number of nitrogens with one attached hydrogen (secondary N) is 1. The third kappa shape index (κ3) is 3.00. The molecular weight excluding hydrogens is 314 g/mol. The molecule has 9 nitrogen and oxygen atoms in total. The van der Waals surface area contributed by atoms with E-state index in [9.17, 15) is 14.9 Å². The van der Waals surface area contributed by atoms with E-state index in [4.69, 9.17) is 4.52 Å². The number of carbonyl (C=O) groups is 1. The van der Waals surface area contributed by atoms with Crippen molar-refractivity contribution in [3.05, 3.63) is 58.5 Å². The molecule has 1 aromatic carbocycles. The Kier molecular flexibility index (Phi) is 4.06. The Morgan fingerprint density at radius 3 is 2.92 bits per heavy atom. The number of amides is 1. The molecule has 1 N–H and O–H groups in total. The second-order valence-corrected chi connectivity index (χ2v) is 4.89. The largest absolute Gasteiger partial charge is 0.356 e. The summed E-state index contributed by atoms with van der Waals surface area (Å²) in [7, 11) is 0. The first-order valence-electron chi connectivity index (χ1n) is 7.12. The fourth-order valence-electron chi connectivity index (χ4n) is 2.17. The molecule has 0 fully saturated rings. The maximum absolute atomic E-state index is 12.3. The summed E-state index contributed by atoms with van der Waals surface area (Å²) < 4.78 is 6.41. The summed E-state index contributed by atoms with van der Waals surface area (Å²) in [6.07, 6.45) is 2.75. The first kappa shape index (κ1) is 15.4. The lowest BCUT2D eigenvalue weighted by Gasteiger charge is -2.04. The van der Waals surface area contributed by atoms with E-state index >= 15 is 0 Å². The van der Waals surface area contributed by atoms with Crippen molar-refractivity contribution in [1.82, 2.24) is 14.9 Å². The van der Waals surface area contributed by atoms with Crippen LogP contribution in [-0.2, 0) is 6.54 Å². The van der Waals surface area contributed by atoms with Gasteiger partial charge in [-0.15, -0.1) is 0 Å². The standard InChI is InChI=1S/C15H13N5O4/c1-2-19-9-12(20(22)23)14(18-19)15(21)17-11-5-3-4-10(8-11)13-6-7-16-24-13/h3-9H,2H2,1H3,(H,17,21). The number of anilines is 1. The Bertz CT molecular complexity index is 885. The fourth-order valence-corrected chi connectivity index (χ4v) is 2.17. The van der Waals surface area contributed by atoms with Crippen LogP contribution >= 0.6 is 0 Å². The molecule has 0 saturated heterocycles. The van der Waals surface area contributed by atoms with E-state index in [1.165, 1.54) is 17.1 Å². The van der Waals surface area contributed by atoms with Gasteiger partial charge in [-0.05, 0) is 19.1 Å². The van der Waals surface area contributed by atoms with Gasteiger partial charge < -0.3 is 9.84 Å². The molecule has 2 heterocycles. The van der Waals surface area contributed by atoms with Gasteiger partial charge in [0.15, 0.2) is 5.76 Å². The molecule has 0 unspecified atom stereocenters. The number of benzene rings is 1. The number of rotatable bonds is 5. The zero-order valence-electron chi connectivity index (χ0n) is 12.7. The Hall–Kier alpha value is -3.49. The van der Waals surface area contributed by atoms with Crippen molar-refractivity contribution < 1.29 is 14.2 Å². The summed E-state index contributed by atoms with van der Waals surface area (Å²) in [6.45, 7) is 2.20. The summed E-state index contributed by atoms with van der Waals surface area (Å²) in [4.78, 5) is 22.8. The Labute approximate surface area is 136 Å². The third-order valence-electron chi connectivity index (χ3n) is 3.32. The highest BCUT2D eigenvalue weighted by Crippen LogP contribution is 2.23. The molecular formula is C15H13N5O4. The van der Waals surface area contributed by atoms with Gasteiger partial charge in [-0.25, -0.2) is 0 Å². The van der Waals surface area contributed by atoms with Crippen molar-refractivity contribution in [3.63, 3.8) is 0 Å². The second kappa shape index (κ2) is 6.32. The number of carbonyl (C=O) groups excluding carboxylic acids is 1. The molecule has 2 aromatic heterocycles. The van der Waals surface area contributed by atoms with Crippen LogP contribution in [0.2, 0.25) is 0 Å². The fraction of sp³-hybridized carbons (Fsp3) is 0.133. The van der Waals surface area contributed by atoms with Crippen LogP contribution in [0.1, 0.15) is 17.4 Å². The molecule has 24 heavy (non-hydrogen) atoms. The average molecular weight is 327 g/mol. The zero-order chi connectivity index (χ0) is 17.1. The minimum Gasteiger partial charge on any atom is -0.356 e. The highest BCUT2D eigenvalue weighted by Gasteiger charge is 2.25. The monoisotopic (exact) mass is 327 g/mol. The lowest BCUT2D eigenvalue weighted by atomic mass is 10.1. The van der Waals surface area contributed by atoms with E-state index in [0.29, 0.717) is 18.0 Å². The van der Waals surface area contributed by atoms with Crippen molar-refractivity contribution in [1.29, 1.82) is 0 Å². The molecule has 0 aliphatic carbocycles. The van der Waals surface area contributed by atoms with Gasteiger partial charge in [-0.2, -0.15) is 5.10 Å². The molecule has 0 atom stereocenters. The number of hydrogen-bond acceptors (Lipinski definition) is 6. The van der Waals surface area contributed by atoms with Crippen molar-refractivity contribution >= 4 is 17.3 Å². The topological polar surface area (TPSA) is 116 Å². The van der Waals surface area contributed by atoms with Gasteiger partial charge in [0.25, 0.3) is 5.91 Å². The molecule has 0 spiro atoms. The Morgan fingerprint density at radius 2 is 2.25 bits per heavy atom. The zero-order valence-corrected chi connectivity index (χ0v) is 12.7. The van der Waals surface area contributed by atoms with E-state index < -0.39 is 10.8 Å². The van der Waals surface area contributed by atoms with Gasteiger partial charge in [-0.1, -0.05) is 17.3 Å². The van der Waals surface area contributed by atoms with Gasteiger partial charge in [0.1, 0.15) is 6.20 Å². The van der Waals surface area contributed by atoms with Crippen LogP contribution in [-0.4, -0.2) is 25.8 Å². The average Bonchev–Trinajstić information content (AvgIpc) is 3.24. The van der Waals surface area contributed by atoms with Crippen LogP contribution in [0, 0.1) is 10.1 Å². The molecule has 122 valence electrons. The second-order valence-electron chi connectivity index (χ2n) is 4.89. The highest BCUT2D eigenvalue weighted by atomic mass is 16.6. The van der Waals surface area contributed by atoms with Crippen LogP contribution in [0.25, 0.3) is 11.3 Å². The first-order valence-corrected chi connectivity index (χ1v) is 7.12. The number of aryl methyl sites for hydroxylation is 1. The van der Waals surface area contributed by atoms with E-state index in [0.717, 1.165) is 5.56 Å². The molecule has 0 aliphatic rings. The van der Waals surface area contributed by atoms with Crippen LogP contribution in [0.3, 0.4) is 0 Å². The maximum atomic E-state index is 12.3. The van der Waals surface area contributed by atoms with Gasteiger partial charge >= 0.3 is 5.69 Å². The molecule has 0 bridgehead atoms. The molecule has 0 radical (unpaired) electrons. The number of nitrogens with zero attached hydrogens (tertiary/aromatic N) is 4. The third-order valence-corrected chi connectivity index (χ3v) is 3.32. The predicted octanol–water partition coefficient (Wildman–Crippen LogP) is 2.72. The highest BCUT2D eigenvalue weighted by molar-refractivity contribution is 6.05. The minimum atomic E-state index is -0.649. The van der Waals surface area contributed by atoms with Crippen molar-refractivity contribution in [2.45, 2.75) is 13.5 Å². The predicted molar refractivity (Wildman–Crippen MR) is 84.4 cm³/mol. The molecule has 0 aliphatic heterocycles. The lowest BCUT2D eigenvalue weighted by Crippen LogP contribution is -2.14. The van der Waals surface area contributed by atoms with E-state index in [1.807, 2.05) is 0 Å². The van der Waals surface area contributed by atoms with Gasteiger partial charge in [0, 0.05) is 23.9 Å². The summed E-state index contributed by atoms with van der Waals surface area (Å²) in [5, 5.41) is 21.3. The summed E-state index contributed by atoms with van der Waals surface area (Å²) in [6, 6.07) is 8.56. The molecule has 9 heteroatoms. The van der Waals surface area contributed by atoms with E-state index in [2.05, 4.69) is 15.6 Å². The van der Waals surface area contributed by atoms with Crippen molar-refractivity contribution in [2.75, 3.05) is 5.32 Å². The number of nitro groups is 1. The molecule has 3 rings (SSSR count).